The van der Waals surface area contributed by atoms with Crippen molar-refractivity contribution < 1.29 is 12.8 Å². The number of nitrogens with two attached hydrogens (primary N) is 1. The van der Waals surface area contributed by atoms with Crippen LogP contribution in [0.25, 0.3) is 0 Å². The SMILES string of the molecule is CC(NS(=O)(=O)c1ccc(N)c(F)c1)c1ccsc1. The third-order valence-electron chi connectivity index (χ3n) is 2.66. The van der Waals surface area contributed by atoms with E-state index in [0.717, 1.165) is 11.6 Å². The molecule has 0 aliphatic rings. The van der Waals surface area contributed by atoms with Crippen LogP contribution < -0.4 is 10.5 Å². The Kier molecular flexibility index (Phi) is 3.88. The highest BCUT2D eigenvalue weighted by atomic mass is 32.2. The summed E-state index contributed by atoms with van der Waals surface area (Å²) in [5.41, 5.74) is 6.11. The van der Waals surface area contributed by atoms with Gasteiger partial charge in [0, 0.05) is 6.04 Å². The predicted molar refractivity (Wildman–Crippen MR) is 73.9 cm³/mol. The zero-order valence-electron chi connectivity index (χ0n) is 10.1. The van der Waals surface area contributed by atoms with Crippen molar-refractivity contribution >= 4 is 27.0 Å². The molecule has 0 saturated carbocycles. The summed E-state index contributed by atoms with van der Waals surface area (Å²) < 4.78 is 40.0. The average Bonchev–Trinajstić information content (AvgIpc) is 2.85. The number of nitrogens with one attached hydrogen (secondary N) is 1. The van der Waals surface area contributed by atoms with Gasteiger partial charge in [0.05, 0.1) is 10.6 Å². The summed E-state index contributed by atoms with van der Waals surface area (Å²) in [7, 11) is -3.77. The van der Waals surface area contributed by atoms with E-state index in [4.69, 9.17) is 5.73 Å². The maximum atomic E-state index is 13.3. The summed E-state index contributed by atoms with van der Waals surface area (Å²) >= 11 is 1.48. The summed E-state index contributed by atoms with van der Waals surface area (Å²) in [5.74, 6) is -0.744. The van der Waals surface area contributed by atoms with Crippen molar-refractivity contribution in [2.75, 3.05) is 5.73 Å². The van der Waals surface area contributed by atoms with Crippen molar-refractivity contribution in [1.82, 2.24) is 4.72 Å². The molecule has 1 heterocycles. The lowest BCUT2D eigenvalue weighted by Crippen LogP contribution is -2.26. The molecular formula is C12H13FN2O2S2. The van der Waals surface area contributed by atoms with Gasteiger partial charge in [-0.2, -0.15) is 11.3 Å². The lowest BCUT2D eigenvalue weighted by Gasteiger charge is -2.13. The number of hydrogen-bond acceptors (Lipinski definition) is 4. The van der Waals surface area contributed by atoms with Gasteiger partial charge in [-0.3, -0.25) is 0 Å². The van der Waals surface area contributed by atoms with Gasteiger partial charge in [0.1, 0.15) is 5.82 Å². The molecule has 7 heteroatoms. The maximum Gasteiger partial charge on any atom is 0.241 e. The first kappa shape index (κ1) is 14.0. The zero-order chi connectivity index (χ0) is 14.0. The quantitative estimate of drug-likeness (QED) is 0.852. The molecule has 0 saturated heterocycles. The lowest BCUT2D eigenvalue weighted by molar-refractivity contribution is 0.564. The van der Waals surface area contributed by atoms with E-state index in [-0.39, 0.29) is 16.6 Å². The first-order chi connectivity index (χ1) is 8.90. The minimum absolute atomic E-state index is 0.0789. The first-order valence-electron chi connectivity index (χ1n) is 5.49. The van der Waals surface area contributed by atoms with Crippen molar-refractivity contribution in [3.05, 3.63) is 46.4 Å². The Morgan fingerprint density at radius 3 is 2.68 bits per heavy atom. The van der Waals surface area contributed by atoms with E-state index in [0.29, 0.717) is 0 Å². The van der Waals surface area contributed by atoms with Crippen LogP contribution in [0.1, 0.15) is 18.5 Å². The largest absolute Gasteiger partial charge is 0.396 e. The van der Waals surface area contributed by atoms with Gasteiger partial charge in [-0.05, 0) is 47.5 Å². The van der Waals surface area contributed by atoms with Crippen LogP contribution >= 0.6 is 11.3 Å². The minimum atomic E-state index is -3.77. The van der Waals surface area contributed by atoms with Crippen LogP contribution in [0.15, 0.2) is 39.9 Å². The molecule has 102 valence electrons. The van der Waals surface area contributed by atoms with Gasteiger partial charge in [0.15, 0.2) is 0 Å². The second-order valence-electron chi connectivity index (χ2n) is 4.08. The molecule has 0 amide bonds. The van der Waals surface area contributed by atoms with E-state index in [1.807, 2.05) is 16.8 Å². The molecule has 0 fully saturated rings. The molecule has 4 nitrogen and oxygen atoms in total. The van der Waals surface area contributed by atoms with Gasteiger partial charge in [-0.25, -0.2) is 17.5 Å². The van der Waals surface area contributed by atoms with E-state index < -0.39 is 15.8 Å². The third kappa shape index (κ3) is 3.12. The fourth-order valence-corrected chi connectivity index (χ4v) is 3.56. The predicted octanol–water partition coefficient (Wildman–Crippen LogP) is 2.51. The summed E-state index contributed by atoms with van der Waals surface area (Å²) in [6.07, 6.45) is 0. The normalized spacial score (nSPS) is 13.4. The molecule has 19 heavy (non-hydrogen) atoms. The molecule has 2 aromatic rings. The fourth-order valence-electron chi connectivity index (χ4n) is 1.57. The molecule has 2 rings (SSSR count). The van der Waals surface area contributed by atoms with Gasteiger partial charge >= 0.3 is 0 Å². The monoisotopic (exact) mass is 300 g/mol. The van der Waals surface area contributed by atoms with Crippen LogP contribution in [0, 0.1) is 5.82 Å². The second kappa shape index (κ2) is 5.28. The number of nitrogen functional groups attached to an aromatic ring is 1. The number of hydrogen-bond donors (Lipinski definition) is 2. The summed E-state index contributed by atoms with van der Waals surface area (Å²) in [5, 5.41) is 3.72. The molecule has 0 aliphatic carbocycles. The molecule has 1 atom stereocenters. The standard InChI is InChI=1S/C12H13FN2O2S2/c1-8(9-4-5-18-7-9)15-19(16,17)10-2-3-12(14)11(13)6-10/h2-8,15H,14H2,1H3. The number of sulfonamides is 1. The van der Waals surface area contributed by atoms with E-state index in [2.05, 4.69) is 4.72 Å². The smallest absolute Gasteiger partial charge is 0.241 e. The van der Waals surface area contributed by atoms with Gasteiger partial charge in [0.25, 0.3) is 0 Å². The Morgan fingerprint density at radius 2 is 2.11 bits per heavy atom. The minimum Gasteiger partial charge on any atom is -0.396 e. The van der Waals surface area contributed by atoms with Crippen molar-refractivity contribution in [1.29, 1.82) is 0 Å². The van der Waals surface area contributed by atoms with Crippen molar-refractivity contribution in [2.45, 2.75) is 17.9 Å². The van der Waals surface area contributed by atoms with Gasteiger partial charge in [0.2, 0.25) is 10.0 Å². The Balaban J connectivity index is 2.25. The fraction of sp³-hybridized carbons (Fsp3) is 0.167. The highest BCUT2D eigenvalue weighted by Gasteiger charge is 2.19. The van der Waals surface area contributed by atoms with Crippen LogP contribution in [-0.4, -0.2) is 8.42 Å². The molecule has 0 radical (unpaired) electrons. The Morgan fingerprint density at radius 1 is 1.37 bits per heavy atom. The van der Waals surface area contributed by atoms with E-state index >= 15 is 0 Å². The average molecular weight is 300 g/mol. The summed E-state index contributed by atoms with van der Waals surface area (Å²) in [4.78, 5) is -0.138. The molecule has 1 unspecified atom stereocenters. The van der Waals surface area contributed by atoms with Crippen molar-refractivity contribution in [3.8, 4) is 0 Å². The number of benzene rings is 1. The molecule has 1 aromatic carbocycles. The van der Waals surface area contributed by atoms with Crippen molar-refractivity contribution in [3.63, 3.8) is 0 Å². The molecule has 0 aliphatic heterocycles. The number of halogens is 1. The van der Waals surface area contributed by atoms with Gasteiger partial charge in [-0.15, -0.1) is 0 Å². The van der Waals surface area contributed by atoms with Crippen LogP contribution in [-0.2, 0) is 10.0 Å². The maximum absolute atomic E-state index is 13.3. The Hall–Kier alpha value is -1.44. The van der Waals surface area contributed by atoms with Gasteiger partial charge < -0.3 is 5.73 Å². The number of rotatable bonds is 4. The van der Waals surface area contributed by atoms with Crippen LogP contribution in [0.2, 0.25) is 0 Å². The summed E-state index contributed by atoms with van der Waals surface area (Å²) in [6.45, 7) is 1.73. The summed E-state index contributed by atoms with van der Waals surface area (Å²) in [6, 6.07) is 4.89. The lowest BCUT2D eigenvalue weighted by atomic mass is 10.2. The van der Waals surface area contributed by atoms with E-state index in [1.54, 1.807) is 6.92 Å². The molecule has 0 bridgehead atoms. The highest BCUT2D eigenvalue weighted by molar-refractivity contribution is 7.89. The van der Waals surface area contributed by atoms with Crippen molar-refractivity contribution in [2.24, 2.45) is 0 Å². The van der Waals surface area contributed by atoms with Crippen LogP contribution in [0.4, 0.5) is 10.1 Å². The van der Waals surface area contributed by atoms with Crippen LogP contribution in [0.3, 0.4) is 0 Å². The number of thiophene rings is 1. The molecule has 1 aromatic heterocycles. The topological polar surface area (TPSA) is 72.2 Å². The highest BCUT2D eigenvalue weighted by Crippen LogP contribution is 2.21. The van der Waals surface area contributed by atoms with E-state index in [9.17, 15) is 12.8 Å². The zero-order valence-corrected chi connectivity index (χ0v) is 11.8. The molecule has 0 spiro atoms. The Bertz CT molecular complexity index is 669. The second-order valence-corrected chi connectivity index (χ2v) is 6.58. The molecule has 3 N–H and O–H groups in total. The van der Waals surface area contributed by atoms with Gasteiger partial charge in [-0.1, -0.05) is 0 Å². The molecular weight excluding hydrogens is 287 g/mol. The first-order valence-corrected chi connectivity index (χ1v) is 7.92. The van der Waals surface area contributed by atoms with Crippen LogP contribution in [0.5, 0.6) is 0 Å². The van der Waals surface area contributed by atoms with E-state index in [1.165, 1.54) is 23.5 Å². The number of anilines is 1. The Labute approximate surface area is 115 Å². The third-order valence-corrected chi connectivity index (χ3v) is 4.90.